The van der Waals surface area contributed by atoms with Crippen LogP contribution in [-0.4, -0.2) is 36.9 Å². The van der Waals surface area contributed by atoms with Gasteiger partial charge in [-0.25, -0.2) is 0 Å². The van der Waals surface area contributed by atoms with Crippen molar-refractivity contribution in [2.75, 3.05) is 25.5 Å². The molecular weight excluding hydrogens is 256 g/mol. The zero-order valence-electron chi connectivity index (χ0n) is 12.2. The fourth-order valence-electron chi connectivity index (χ4n) is 1.66. The first kappa shape index (κ1) is 15.9. The fourth-order valence-corrected chi connectivity index (χ4v) is 1.66. The van der Waals surface area contributed by atoms with E-state index in [9.17, 15) is 9.59 Å². The Morgan fingerprint density at radius 3 is 2.70 bits per heavy atom. The first-order chi connectivity index (χ1) is 9.58. The number of amides is 2. The van der Waals surface area contributed by atoms with E-state index in [-0.39, 0.29) is 18.2 Å². The number of rotatable bonds is 7. The van der Waals surface area contributed by atoms with Crippen molar-refractivity contribution in [3.05, 3.63) is 23.5 Å². The minimum Gasteiger partial charge on any atom is -0.384 e. The molecule has 6 nitrogen and oxygen atoms in total. The molecule has 0 unspecified atom stereocenters. The molecule has 20 heavy (non-hydrogen) atoms. The summed E-state index contributed by atoms with van der Waals surface area (Å²) in [6.45, 7) is 5.04. The van der Waals surface area contributed by atoms with Crippen LogP contribution in [0.2, 0.25) is 0 Å². The Hall–Kier alpha value is -2.11. The summed E-state index contributed by atoms with van der Waals surface area (Å²) in [4.78, 5) is 27.3. The van der Waals surface area contributed by atoms with E-state index in [4.69, 9.17) is 0 Å². The van der Waals surface area contributed by atoms with Crippen molar-refractivity contribution < 1.29 is 9.59 Å². The first-order valence-electron chi connectivity index (χ1n) is 6.77. The van der Waals surface area contributed by atoms with Crippen LogP contribution in [0.5, 0.6) is 0 Å². The average Bonchev–Trinajstić information content (AvgIpc) is 2.44. The van der Waals surface area contributed by atoms with E-state index in [0.717, 1.165) is 24.3 Å². The molecule has 1 aromatic heterocycles. The molecule has 0 aliphatic carbocycles. The molecule has 1 aromatic rings. The van der Waals surface area contributed by atoms with Crippen LogP contribution in [0.1, 0.15) is 35.8 Å². The van der Waals surface area contributed by atoms with Gasteiger partial charge in [0.25, 0.3) is 5.91 Å². The fraction of sp³-hybridized carbons (Fsp3) is 0.500. The molecule has 0 atom stereocenters. The molecule has 0 fully saturated rings. The monoisotopic (exact) mass is 278 g/mol. The highest BCUT2D eigenvalue weighted by Crippen LogP contribution is 2.15. The molecule has 1 heterocycles. The molecule has 2 amide bonds. The third-order valence-electron chi connectivity index (χ3n) is 2.77. The molecule has 0 spiro atoms. The molecule has 0 saturated heterocycles. The summed E-state index contributed by atoms with van der Waals surface area (Å²) < 4.78 is 0. The van der Waals surface area contributed by atoms with E-state index in [1.54, 1.807) is 13.2 Å². The van der Waals surface area contributed by atoms with E-state index in [1.807, 2.05) is 13.0 Å². The molecule has 0 aliphatic rings. The van der Waals surface area contributed by atoms with Crippen LogP contribution in [0.4, 0.5) is 5.69 Å². The smallest absolute Gasteiger partial charge is 0.254 e. The van der Waals surface area contributed by atoms with E-state index < -0.39 is 0 Å². The van der Waals surface area contributed by atoms with Crippen molar-refractivity contribution in [2.45, 2.75) is 26.7 Å². The van der Waals surface area contributed by atoms with E-state index in [2.05, 4.69) is 27.9 Å². The second-order valence-electron chi connectivity index (χ2n) is 4.48. The number of anilines is 1. The van der Waals surface area contributed by atoms with Gasteiger partial charge in [0, 0.05) is 38.4 Å². The summed E-state index contributed by atoms with van der Waals surface area (Å²) in [6.07, 6.45) is 2.79. The van der Waals surface area contributed by atoms with E-state index >= 15 is 0 Å². The second-order valence-corrected chi connectivity index (χ2v) is 4.48. The van der Waals surface area contributed by atoms with Gasteiger partial charge >= 0.3 is 0 Å². The molecule has 1 rings (SSSR count). The molecule has 0 aliphatic heterocycles. The first-order valence-corrected chi connectivity index (χ1v) is 6.77. The van der Waals surface area contributed by atoms with Crippen molar-refractivity contribution in [2.24, 2.45) is 0 Å². The quantitative estimate of drug-likeness (QED) is 0.697. The number of hydrogen-bond donors (Lipinski definition) is 3. The maximum atomic E-state index is 12.1. The zero-order chi connectivity index (χ0) is 15.0. The van der Waals surface area contributed by atoms with Crippen LogP contribution in [0.3, 0.4) is 0 Å². The number of carbonyl (C=O) groups excluding carboxylic acids is 2. The molecule has 0 saturated carbocycles. The average molecular weight is 278 g/mol. The molecule has 3 N–H and O–H groups in total. The van der Waals surface area contributed by atoms with Gasteiger partial charge in [-0.3, -0.25) is 14.6 Å². The number of nitrogens with zero attached hydrogens (tertiary/aromatic N) is 1. The van der Waals surface area contributed by atoms with Gasteiger partial charge in [-0.2, -0.15) is 0 Å². The van der Waals surface area contributed by atoms with E-state index in [0.29, 0.717) is 12.1 Å². The second kappa shape index (κ2) is 8.14. The summed E-state index contributed by atoms with van der Waals surface area (Å²) in [7, 11) is 1.57. The molecule has 110 valence electrons. The Balaban J connectivity index is 2.68. The van der Waals surface area contributed by atoms with Gasteiger partial charge in [0.15, 0.2) is 0 Å². The lowest BCUT2D eigenvalue weighted by atomic mass is 10.2. The number of aromatic nitrogens is 1. The third kappa shape index (κ3) is 4.87. The normalized spacial score (nSPS) is 9.95. The van der Waals surface area contributed by atoms with E-state index in [1.165, 1.54) is 0 Å². The number of pyridine rings is 1. The third-order valence-corrected chi connectivity index (χ3v) is 2.77. The predicted molar refractivity (Wildman–Crippen MR) is 78.8 cm³/mol. The van der Waals surface area contributed by atoms with Crippen molar-refractivity contribution in [3.8, 4) is 0 Å². The minimum absolute atomic E-state index is 0.100. The van der Waals surface area contributed by atoms with Gasteiger partial charge in [0.05, 0.1) is 11.3 Å². The molecule has 0 aromatic carbocycles. The van der Waals surface area contributed by atoms with Crippen LogP contribution < -0.4 is 16.0 Å². The van der Waals surface area contributed by atoms with Gasteiger partial charge in [-0.05, 0) is 19.4 Å². The summed E-state index contributed by atoms with van der Waals surface area (Å²) in [5.74, 6) is -0.323. The van der Waals surface area contributed by atoms with Crippen molar-refractivity contribution >= 4 is 17.5 Å². The summed E-state index contributed by atoms with van der Waals surface area (Å²) >= 11 is 0. The minimum atomic E-state index is -0.222. The highest BCUT2D eigenvalue weighted by molar-refractivity contribution is 5.99. The predicted octanol–water partition coefficient (Wildman–Crippen LogP) is 1.08. The summed E-state index contributed by atoms with van der Waals surface area (Å²) in [6, 6.07) is 1.85. The van der Waals surface area contributed by atoms with Crippen LogP contribution in [0.15, 0.2) is 12.3 Å². The number of carbonyl (C=O) groups is 2. The lowest BCUT2D eigenvalue weighted by Crippen LogP contribution is -2.29. The largest absolute Gasteiger partial charge is 0.384 e. The molecule has 6 heteroatoms. The number of hydrogen-bond acceptors (Lipinski definition) is 4. The lowest BCUT2D eigenvalue weighted by Gasteiger charge is -2.12. The maximum Gasteiger partial charge on any atom is 0.254 e. The van der Waals surface area contributed by atoms with Crippen LogP contribution in [0, 0.1) is 6.92 Å². The zero-order valence-corrected chi connectivity index (χ0v) is 12.2. The Morgan fingerprint density at radius 1 is 1.30 bits per heavy atom. The van der Waals surface area contributed by atoms with Gasteiger partial charge in [0.2, 0.25) is 5.91 Å². The number of aryl methyl sites for hydroxylation is 1. The highest BCUT2D eigenvalue weighted by atomic mass is 16.2. The van der Waals surface area contributed by atoms with Crippen LogP contribution in [0.25, 0.3) is 0 Å². The Bertz CT molecular complexity index is 474. The Morgan fingerprint density at radius 2 is 2.05 bits per heavy atom. The van der Waals surface area contributed by atoms with Crippen molar-refractivity contribution in [1.82, 2.24) is 15.6 Å². The Kier molecular flexibility index (Phi) is 6.49. The van der Waals surface area contributed by atoms with Crippen LogP contribution in [-0.2, 0) is 4.79 Å². The maximum absolute atomic E-state index is 12.1. The highest BCUT2D eigenvalue weighted by Gasteiger charge is 2.12. The van der Waals surface area contributed by atoms with Crippen molar-refractivity contribution in [3.63, 3.8) is 0 Å². The van der Waals surface area contributed by atoms with Crippen LogP contribution >= 0.6 is 0 Å². The van der Waals surface area contributed by atoms with Crippen molar-refractivity contribution in [1.29, 1.82) is 0 Å². The van der Waals surface area contributed by atoms with Gasteiger partial charge in [0.1, 0.15) is 0 Å². The summed E-state index contributed by atoms with van der Waals surface area (Å²) in [5.41, 5.74) is 2.13. The molecule has 0 bridgehead atoms. The standard InChI is InChI=1S/C14H22N4O2/c1-4-6-16-12-8-10(2)18-9-11(12)14(20)17-7-5-13(19)15-3/h8-9H,4-7H2,1-3H3,(H,15,19)(H,16,18)(H,17,20). The van der Waals surface area contributed by atoms with Gasteiger partial charge in [-0.15, -0.1) is 0 Å². The lowest BCUT2D eigenvalue weighted by molar-refractivity contribution is -0.120. The topological polar surface area (TPSA) is 83.1 Å². The summed E-state index contributed by atoms with van der Waals surface area (Å²) in [5, 5.41) is 8.45. The molecule has 0 radical (unpaired) electrons. The Labute approximate surface area is 119 Å². The molecular formula is C14H22N4O2. The van der Waals surface area contributed by atoms with Gasteiger partial charge in [-0.1, -0.05) is 6.92 Å². The SMILES string of the molecule is CCCNc1cc(C)ncc1C(=O)NCCC(=O)NC. The van der Waals surface area contributed by atoms with Gasteiger partial charge < -0.3 is 16.0 Å². The number of nitrogens with one attached hydrogen (secondary N) is 3.